The minimum absolute atomic E-state index is 0.144. The van der Waals surface area contributed by atoms with Crippen LogP contribution in [-0.2, 0) is 19.6 Å². The zero-order chi connectivity index (χ0) is 24.2. The van der Waals surface area contributed by atoms with Gasteiger partial charge >= 0.3 is 0 Å². The van der Waals surface area contributed by atoms with E-state index < -0.39 is 0 Å². The van der Waals surface area contributed by atoms with E-state index >= 15 is 0 Å². The minimum atomic E-state index is -0.144. The van der Waals surface area contributed by atoms with E-state index in [0.29, 0.717) is 23.8 Å². The Morgan fingerprint density at radius 2 is 1.57 bits per heavy atom. The molecule has 6 nitrogen and oxygen atoms in total. The fourth-order valence-corrected chi connectivity index (χ4v) is 4.25. The Kier molecular flexibility index (Phi) is 6.66. The lowest BCUT2D eigenvalue weighted by atomic mass is 10.1. The number of nitrogens with one attached hydrogen (secondary N) is 1. The molecule has 35 heavy (non-hydrogen) atoms. The number of hydrogen-bond acceptors (Lipinski definition) is 4. The van der Waals surface area contributed by atoms with E-state index in [1.807, 2.05) is 60.7 Å². The average molecular weight is 485 g/mol. The third-order valence-electron chi connectivity index (χ3n) is 5.86. The number of halogens is 1. The normalized spacial score (nSPS) is 11.3. The SMILES string of the molecule is COc1ccc(CN(Cc2ccccc2)Cc2cc(=O)n3[nH]c(-c4ccc(Cl)cc4)cc3n2)cc1. The fourth-order valence-electron chi connectivity index (χ4n) is 4.13. The fraction of sp³-hybridized carbons (Fsp3) is 0.143. The molecule has 0 atom stereocenters. The molecular weight excluding hydrogens is 460 g/mol. The maximum atomic E-state index is 12.9. The Morgan fingerprint density at radius 1 is 0.886 bits per heavy atom. The number of benzene rings is 3. The summed E-state index contributed by atoms with van der Waals surface area (Å²) < 4.78 is 6.76. The molecule has 3 aromatic carbocycles. The molecule has 0 aliphatic heterocycles. The van der Waals surface area contributed by atoms with E-state index in [0.717, 1.165) is 34.8 Å². The maximum absolute atomic E-state index is 12.9. The van der Waals surface area contributed by atoms with Crippen LogP contribution >= 0.6 is 11.6 Å². The van der Waals surface area contributed by atoms with Crippen molar-refractivity contribution in [2.24, 2.45) is 0 Å². The summed E-state index contributed by atoms with van der Waals surface area (Å²) in [6, 6.07) is 29.3. The molecule has 0 saturated carbocycles. The average Bonchev–Trinajstić information content (AvgIpc) is 3.30. The highest BCUT2D eigenvalue weighted by molar-refractivity contribution is 6.30. The smallest absolute Gasteiger partial charge is 0.272 e. The highest BCUT2D eigenvalue weighted by Crippen LogP contribution is 2.21. The predicted molar refractivity (Wildman–Crippen MR) is 139 cm³/mol. The molecule has 5 rings (SSSR count). The lowest BCUT2D eigenvalue weighted by molar-refractivity contribution is 0.244. The van der Waals surface area contributed by atoms with Gasteiger partial charge in [-0.3, -0.25) is 14.8 Å². The first-order chi connectivity index (χ1) is 17.1. The predicted octanol–water partition coefficient (Wildman–Crippen LogP) is 5.55. The molecule has 0 aliphatic carbocycles. The number of ether oxygens (including phenoxy) is 1. The van der Waals surface area contributed by atoms with Crippen molar-refractivity contribution in [2.75, 3.05) is 7.11 Å². The van der Waals surface area contributed by atoms with Crippen molar-refractivity contribution >= 4 is 17.2 Å². The van der Waals surface area contributed by atoms with Crippen LogP contribution in [0.25, 0.3) is 16.9 Å². The van der Waals surface area contributed by atoms with Gasteiger partial charge in [-0.25, -0.2) is 9.50 Å². The number of fused-ring (bicyclic) bond motifs is 1. The van der Waals surface area contributed by atoms with Gasteiger partial charge in [0.05, 0.1) is 18.5 Å². The molecule has 7 heteroatoms. The standard InChI is InChI=1S/C28H25ClN4O2/c1-35-25-13-7-21(8-14-25)18-32(17-20-5-3-2-4-6-20)19-24-15-28(34)33-27(30-24)16-26(31-33)22-9-11-23(29)12-10-22/h2-16,31H,17-19H2,1H3. The van der Waals surface area contributed by atoms with Crippen molar-refractivity contribution < 1.29 is 4.74 Å². The Labute approximate surface area is 208 Å². The Bertz CT molecular complexity index is 1480. The van der Waals surface area contributed by atoms with E-state index in [9.17, 15) is 4.79 Å². The maximum Gasteiger partial charge on any atom is 0.272 e. The first-order valence-corrected chi connectivity index (χ1v) is 11.7. The lowest BCUT2D eigenvalue weighted by Gasteiger charge is -2.22. The Hall–Kier alpha value is -3.87. The van der Waals surface area contributed by atoms with Gasteiger partial charge in [-0.15, -0.1) is 0 Å². The highest BCUT2D eigenvalue weighted by Gasteiger charge is 2.13. The Morgan fingerprint density at radius 3 is 2.26 bits per heavy atom. The molecule has 176 valence electrons. The van der Waals surface area contributed by atoms with Gasteiger partial charge in [-0.2, -0.15) is 0 Å². The van der Waals surface area contributed by atoms with Gasteiger partial charge in [0.1, 0.15) is 5.75 Å². The third-order valence-corrected chi connectivity index (χ3v) is 6.11. The van der Waals surface area contributed by atoms with Gasteiger partial charge < -0.3 is 4.74 Å². The molecule has 0 bridgehead atoms. The van der Waals surface area contributed by atoms with Crippen molar-refractivity contribution in [1.82, 2.24) is 19.5 Å². The second kappa shape index (κ2) is 10.2. The van der Waals surface area contributed by atoms with E-state index in [2.05, 4.69) is 34.3 Å². The van der Waals surface area contributed by atoms with Crippen molar-refractivity contribution in [2.45, 2.75) is 19.6 Å². The van der Waals surface area contributed by atoms with Crippen molar-refractivity contribution in [1.29, 1.82) is 0 Å². The molecule has 0 fully saturated rings. The van der Waals surface area contributed by atoms with Crippen LogP contribution in [0.1, 0.15) is 16.8 Å². The summed E-state index contributed by atoms with van der Waals surface area (Å²) in [5.41, 5.74) is 5.27. The van der Waals surface area contributed by atoms with E-state index in [4.69, 9.17) is 21.3 Å². The van der Waals surface area contributed by atoms with Crippen LogP contribution in [0.3, 0.4) is 0 Å². The molecule has 0 spiro atoms. The summed E-state index contributed by atoms with van der Waals surface area (Å²) in [6.07, 6.45) is 0. The van der Waals surface area contributed by atoms with Crippen molar-refractivity contribution in [3.8, 4) is 17.0 Å². The number of H-pyrrole nitrogens is 1. The van der Waals surface area contributed by atoms with Gasteiger partial charge in [0.15, 0.2) is 5.65 Å². The minimum Gasteiger partial charge on any atom is -0.497 e. The van der Waals surface area contributed by atoms with Crippen molar-refractivity contribution in [3.05, 3.63) is 123 Å². The molecule has 0 saturated heterocycles. The zero-order valence-corrected chi connectivity index (χ0v) is 20.1. The molecule has 0 unspecified atom stereocenters. The van der Waals surface area contributed by atoms with Gasteiger partial charge in [0, 0.05) is 36.8 Å². The molecular formula is C28H25ClN4O2. The first-order valence-electron chi connectivity index (χ1n) is 11.3. The quantitative estimate of drug-likeness (QED) is 0.313. The highest BCUT2D eigenvalue weighted by atomic mass is 35.5. The monoisotopic (exact) mass is 484 g/mol. The second-order valence-corrected chi connectivity index (χ2v) is 8.87. The van der Waals surface area contributed by atoms with Crippen LogP contribution in [0.2, 0.25) is 5.02 Å². The summed E-state index contributed by atoms with van der Waals surface area (Å²) >= 11 is 6.01. The van der Waals surface area contributed by atoms with Gasteiger partial charge in [-0.05, 0) is 41.0 Å². The summed E-state index contributed by atoms with van der Waals surface area (Å²) in [5, 5.41) is 3.81. The van der Waals surface area contributed by atoms with Crippen LogP contribution < -0.4 is 10.3 Å². The van der Waals surface area contributed by atoms with Gasteiger partial charge in [-0.1, -0.05) is 66.2 Å². The first kappa shape index (κ1) is 22.9. The van der Waals surface area contributed by atoms with Gasteiger partial charge in [0.2, 0.25) is 0 Å². The molecule has 2 aromatic heterocycles. The van der Waals surface area contributed by atoms with Gasteiger partial charge in [0.25, 0.3) is 5.56 Å². The van der Waals surface area contributed by atoms with E-state index in [1.54, 1.807) is 13.2 Å². The molecule has 1 N–H and O–H groups in total. The van der Waals surface area contributed by atoms with Crippen LogP contribution in [0.5, 0.6) is 5.75 Å². The number of aromatic amines is 1. The third kappa shape index (κ3) is 5.45. The summed E-state index contributed by atoms with van der Waals surface area (Å²) in [7, 11) is 1.66. The summed E-state index contributed by atoms with van der Waals surface area (Å²) in [4.78, 5) is 20.0. The zero-order valence-electron chi connectivity index (χ0n) is 19.3. The number of nitrogens with zero attached hydrogens (tertiary/aromatic N) is 3. The largest absolute Gasteiger partial charge is 0.497 e. The van der Waals surface area contributed by atoms with Crippen LogP contribution in [0.4, 0.5) is 0 Å². The van der Waals surface area contributed by atoms with E-state index in [-0.39, 0.29) is 5.56 Å². The van der Waals surface area contributed by atoms with Crippen molar-refractivity contribution in [3.63, 3.8) is 0 Å². The number of rotatable bonds is 8. The van der Waals surface area contributed by atoms with E-state index in [1.165, 1.54) is 10.1 Å². The summed E-state index contributed by atoms with van der Waals surface area (Å²) in [5.74, 6) is 0.826. The lowest BCUT2D eigenvalue weighted by Crippen LogP contribution is -2.25. The van der Waals surface area contributed by atoms with Crippen LogP contribution in [-0.4, -0.2) is 26.6 Å². The molecule has 0 amide bonds. The molecule has 2 heterocycles. The summed E-state index contributed by atoms with van der Waals surface area (Å²) in [6.45, 7) is 1.98. The number of aromatic nitrogens is 3. The molecule has 0 radical (unpaired) electrons. The Balaban J connectivity index is 1.43. The number of hydrogen-bond donors (Lipinski definition) is 1. The number of methoxy groups -OCH3 is 1. The second-order valence-electron chi connectivity index (χ2n) is 8.43. The molecule has 5 aromatic rings. The molecule has 0 aliphatic rings. The topological polar surface area (TPSA) is 62.6 Å². The van der Waals surface area contributed by atoms with Crippen LogP contribution in [0, 0.1) is 0 Å². The van der Waals surface area contributed by atoms with Crippen LogP contribution in [0.15, 0.2) is 95.8 Å².